The van der Waals surface area contributed by atoms with E-state index in [0.29, 0.717) is 11.4 Å². The van der Waals surface area contributed by atoms with Crippen LogP contribution in [0.2, 0.25) is 0 Å². The van der Waals surface area contributed by atoms with Gasteiger partial charge < -0.3 is 10.0 Å². The van der Waals surface area contributed by atoms with Crippen LogP contribution < -0.4 is 14.7 Å². The lowest BCUT2D eigenvalue weighted by molar-refractivity contribution is -0.125. The van der Waals surface area contributed by atoms with E-state index in [0.717, 1.165) is 10.6 Å². The van der Waals surface area contributed by atoms with E-state index in [1.165, 1.54) is 36.4 Å². The highest BCUT2D eigenvalue weighted by atomic mass is 35.5. The fourth-order valence-electron chi connectivity index (χ4n) is 8.50. The number of anilines is 3. The van der Waals surface area contributed by atoms with Crippen LogP contribution in [0, 0.1) is 46.8 Å². The van der Waals surface area contributed by atoms with Crippen LogP contribution in [0.25, 0.3) is 0 Å². The van der Waals surface area contributed by atoms with Crippen LogP contribution in [-0.4, -0.2) is 52.6 Å². The van der Waals surface area contributed by atoms with Gasteiger partial charge in [0, 0.05) is 31.3 Å². The molecule has 8 rings (SSSR count). The number of hydrogen-bond donors (Lipinski definition) is 1. The SMILES string of the molecule is CN(C)c1ccc(N=Nc2ccc(N3C(=O)C4CC=C5C(CC6(Cl)C(=O)N(c7c(F)c(F)c(F)c(F)c7F)C(=O)C6(Cl)C5c5ccccc5O)C4C3=O)cc2)cc1. The fraction of sp³-hybridized carbons (Fsp3) is 0.250. The van der Waals surface area contributed by atoms with E-state index >= 15 is 8.78 Å². The lowest BCUT2D eigenvalue weighted by Crippen LogP contribution is -2.60. The molecular weight excluding hydrogens is 796 g/mol. The van der Waals surface area contributed by atoms with Gasteiger partial charge in [-0.3, -0.25) is 24.1 Å². The molecule has 4 amide bonds. The Morgan fingerprint density at radius 3 is 1.86 bits per heavy atom. The summed E-state index contributed by atoms with van der Waals surface area (Å²) in [5.74, 6) is -22.3. The molecule has 17 heteroatoms. The highest BCUT2D eigenvalue weighted by molar-refractivity contribution is 6.58. The number of phenolic OH excluding ortho intramolecular Hbond substituents is 1. The van der Waals surface area contributed by atoms with Crippen molar-refractivity contribution < 1.29 is 46.2 Å². The van der Waals surface area contributed by atoms with E-state index in [-0.39, 0.29) is 28.1 Å². The number of carbonyl (C=O) groups excluding carboxylic acids is 4. The second-order valence-electron chi connectivity index (χ2n) is 14.4. The van der Waals surface area contributed by atoms with Crippen molar-refractivity contribution in [3.8, 4) is 5.75 Å². The van der Waals surface area contributed by atoms with Gasteiger partial charge in [-0.1, -0.05) is 29.8 Å². The summed E-state index contributed by atoms with van der Waals surface area (Å²) in [6, 6.07) is 18.9. The maximum absolute atomic E-state index is 15.3. The topological polar surface area (TPSA) is 123 Å². The first-order chi connectivity index (χ1) is 27.0. The van der Waals surface area contributed by atoms with Crippen LogP contribution in [-0.2, 0) is 19.2 Å². The first kappa shape index (κ1) is 38.2. The second kappa shape index (κ2) is 13.5. The maximum atomic E-state index is 15.3. The molecule has 2 aliphatic heterocycles. The molecule has 4 aromatic carbocycles. The summed E-state index contributed by atoms with van der Waals surface area (Å²) >= 11 is 14.2. The summed E-state index contributed by atoms with van der Waals surface area (Å²) in [7, 11) is 3.81. The molecule has 6 atom stereocenters. The molecule has 1 saturated carbocycles. The monoisotopic (exact) mass is 823 g/mol. The van der Waals surface area contributed by atoms with Crippen LogP contribution in [0.4, 0.5) is 50.4 Å². The van der Waals surface area contributed by atoms with Crippen LogP contribution in [0.3, 0.4) is 0 Å². The van der Waals surface area contributed by atoms with Gasteiger partial charge in [-0.05, 0) is 73.4 Å². The predicted molar refractivity (Wildman–Crippen MR) is 198 cm³/mol. The Bertz CT molecular complexity index is 2460. The molecule has 0 radical (unpaired) electrons. The van der Waals surface area contributed by atoms with E-state index < -0.39 is 104 Å². The Balaban J connectivity index is 1.17. The number of imide groups is 2. The number of fused-ring (bicyclic) bond motifs is 4. The second-order valence-corrected chi connectivity index (χ2v) is 15.6. The molecule has 1 N–H and O–H groups in total. The normalized spacial score (nSPS) is 26.9. The van der Waals surface area contributed by atoms with Crippen LogP contribution in [0.15, 0.2) is 94.7 Å². The number of phenols is 1. The van der Waals surface area contributed by atoms with E-state index in [1.54, 1.807) is 30.3 Å². The minimum atomic E-state index is -2.75. The standard InChI is InChI=1S/C40H28Cl2F5N5O5/c1-50(2)20-11-7-18(8-12-20)48-49-19-9-13-21(14-10-19)51-35(54)24-16-15-22-25(27(24)36(51)55)17-39(41)37(56)52(34-32(46)30(44)29(43)31(45)33(34)47)38(57)40(39,42)28(22)23-5-3-4-6-26(23)53/h3-15,24-25,27-28,53H,16-17H2,1-2H3. The Kier molecular flexibility index (Phi) is 9.04. The number of hydrogen-bond acceptors (Lipinski definition) is 8. The van der Waals surface area contributed by atoms with Crippen LogP contribution >= 0.6 is 23.2 Å². The predicted octanol–water partition coefficient (Wildman–Crippen LogP) is 8.34. The number of halogens is 7. The highest BCUT2D eigenvalue weighted by Gasteiger charge is 2.77. The highest BCUT2D eigenvalue weighted by Crippen LogP contribution is 2.66. The number of carbonyl (C=O) groups is 4. The minimum absolute atomic E-state index is 0.0632. The van der Waals surface area contributed by atoms with Gasteiger partial charge in [0.05, 0.1) is 28.9 Å². The molecule has 2 aliphatic carbocycles. The third-order valence-corrected chi connectivity index (χ3v) is 12.6. The molecule has 4 aromatic rings. The summed E-state index contributed by atoms with van der Waals surface area (Å²) in [5, 5.41) is 19.5. The third-order valence-electron chi connectivity index (χ3n) is 11.2. The number of para-hydroxylation sites is 1. The largest absolute Gasteiger partial charge is 0.508 e. The van der Waals surface area contributed by atoms with E-state index in [9.17, 15) is 37.5 Å². The van der Waals surface area contributed by atoms with Crippen LogP contribution in [0.5, 0.6) is 5.75 Å². The van der Waals surface area contributed by atoms with Crippen molar-refractivity contribution in [3.63, 3.8) is 0 Å². The molecule has 6 unspecified atom stereocenters. The zero-order chi connectivity index (χ0) is 40.9. The molecule has 2 heterocycles. The van der Waals surface area contributed by atoms with E-state index in [2.05, 4.69) is 10.2 Å². The van der Waals surface area contributed by atoms with Crippen LogP contribution in [0.1, 0.15) is 24.3 Å². The lowest BCUT2D eigenvalue weighted by Gasteiger charge is -2.50. The smallest absolute Gasteiger partial charge is 0.258 e. The van der Waals surface area contributed by atoms with Gasteiger partial charge in [0.15, 0.2) is 33.0 Å². The molecule has 292 valence electrons. The number of nitrogens with zero attached hydrogens (tertiary/aromatic N) is 5. The molecule has 0 aromatic heterocycles. The van der Waals surface area contributed by atoms with Gasteiger partial charge in [-0.25, -0.2) is 26.9 Å². The number of alkyl halides is 2. The summed E-state index contributed by atoms with van der Waals surface area (Å²) in [4.78, 5) is 54.3. The molecule has 2 saturated heterocycles. The summed E-state index contributed by atoms with van der Waals surface area (Å²) in [5.41, 5.74) is 0.415. The zero-order valence-corrected chi connectivity index (χ0v) is 31.2. The summed E-state index contributed by atoms with van der Waals surface area (Å²) < 4.78 is 73.5. The van der Waals surface area contributed by atoms with Gasteiger partial charge >= 0.3 is 0 Å². The zero-order valence-electron chi connectivity index (χ0n) is 29.7. The molecule has 0 bridgehead atoms. The fourth-order valence-corrected chi connectivity index (χ4v) is 9.43. The first-order valence-corrected chi connectivity index (χ1v) is 18.2. The van der Waals surface area contributed by atoms with Crippen molar-refractivity contribution >= 4 is 75.3 Å². The van der Waals surface area contributed by atoms with Crippen molar-refractivity contribution in [2.75, 3.05) is 28.8 Å². The quantitative estimate of drug-likeness (QED) is 0.0397. The van der Waals surface area contributed by atoms with Gasteiger partial charge in [0.2, 0.25) is 17.6 Å². The number of allylic oxidation sites excluding steroid dienone is 2. The Labute approximate surface area is 330 Å². The summed E-state index contributed by atoms with van der Waals surface area (Å²) in [6.07, 6.45) is 0.811. The van der Waals surface area contributed by atoms with Crippen molar-refractivity contribution in [1.82, 2.24) is 0 Å². The number of amides is 4. The van der Waals surface area contributed by atoms with Crippen molar-refractivity contribution in [1.29, 1.82) is 0 Å². The van der Waals surface area contributed by atoms with Crippen molar-refractivity contribution in [3.05, 3.63) is 119 Å². The first-order valence-electron chi connectivity index (χ1n) is 17.5. The molecule has 4 aliphatic rings. The summed E-state index contributed by atoms with van der Waals surface area (Å²) in [6.45, 7) is 0. The Morgan fingerprint density at radius 2 is 1.28 bits per heavy atom. The number of aromatic hydroxyl groups is 1. The Morgan fingerprint density at radius 1 is 0.719 bits per heavy atom. The van der Waals surface area contributed by atoms with Gasteiger partial charge in [0.25, 0.3) is 11.8 Å². The molecule has 0 spiro atoms. The average molecular weight is 825 g/mol. The van der Waals surface area contributed by atoms with Gasteiger partial charge in [0.1, 0.15) is 11.4 Å². The maximum Gasteiger partial charge on any atom is 0.258 e. The number of benzene rings is 4. The minimum Gasteiger partial charge on any atom is -0.508 e. The van der Waals surface area contributed by atoms with Crippen molar-refractivity contribution in [2.45, 2.75) is 28.5 Å². The third kappa shape index (κ3) is 5.42. The lowest BCUT2D eigenvalue weighted by atomic mass is 9.56. The van der Waals surface area contributed by atoms with E-state index in [4.69, 9.17) is 23.2 Å². The number of rotatable bonds is 6. The Hall–Kier alpha value is -5.67. The molecule has 10 nitrogen and oxygen atoms in total. The van der Waals surface area contributed by atoms with E-state index in [1.807, 2.05) is 31.1 Å². The number of azo groups is 1. The van der Waals surface area contributed by atoms with Crippen molar-refractivity contribution in [2.24, 2.45) is 28.0 Å². The average Bonchev–Trinajstić information content (AvgIpc) is 3.54. The molecular formula is C40H28Cl2F5N5O5. The van der Waals surface area contributed by atoms with Gasteiger partial charge in [-0.15, -0.1) is 23.2 Å². The molecule has 57 heavy (non-hydrogen) atoms. The molecule has 3 fully saturated rings. The van der Waals surface area contributed by atoms with Gasteiger partial charge in [-0.2, -0.15) is 10.2 Å².